The van der Waals surface area contributed by atoms with E-state index in [0.29, 0.717) is 76.8 Å². The Hall–Kier alpha value is -6.41. The number of aromatic nitrogens is 4. The third-order valence-electron chi connectivity index (χ3n) is 11.8. The molecule has 2 aliphatic rings. The molecule has 0 aliphatic carbocycles. The van der Waals surface area contributed by atoms with E-state index in [9.17, 15) is 23.5 Å². The number of carboxylic acid groups (broad SMARTS) is 1. The molecule has 2 atom stereocenters. The lowest BCUT2D eigenvalue weighted by Gasteiger charge is -2.51. The van der Waals surface area contributed by atoms with E-state index in [1.54, 1.807) is 37.6 Å². The zero-order chi connectivity index (χ0) is 42.1. The number of rotatable bonds is 9. The molecule has 0 spiro atoms. The molecule has 0 saturated carbocycles. The highest BCUT2D eigenvalue weighted by Gasteiger charge is 2.41. The number of methoxy groups -OCH3 is 1. The summed E-state index contributed by atoms with van der Waals surface area (Å²) in [5.41, 5.74) is 4.64. The lowest BCUT2D eigenvalue weighted by molar-refractivity contribution is -0.00214. The van der Waals surface area contributed by atoms with Crippen LogP contribution < -0.4 is 15.4 Å². The normalized spacial score (nSPS) is 17.7. The molecular formula is C46H48F2N8O4. The highest BCUT2D eigenvalue weighted by Crippen LogP contribution is 2.43. The molecule has 3 N–H and O–H groups in total. The van der Waals surface area contributed by atoms with E-state index in [-0.39, 0.29) is 11.0 Å². The van der Waals surface area contributed by atoms with Gasteiger partial charge in [0.05, 0.1) is 29.9 Å². The molecule has 2 amide bonds. The summed E-state index contributed by atoms with van der Waals surface area (Å²) in [6, 6.07) is 24.5. The maximum atomic E-state index is 14.4. The Labute approximate surface area is 347 Å². The van der Waals surface area contributed by atoms with Crippen LogP contribution in [-0.2, 0) is 0 Å². The summed E-state index contributed by atoms with van der Waals surface area (Å²) < 4.78 is 36.6. The second-order valence-electron chi connectivity index (χ2n) is 16.6. The molecule has 0 bridgehead atoms. The van der Waals surface area contributed by atoms with Crippen LogP contribution in [0.3, 0.4) is 0 Å². The number of imidazole rings is 1. The van der Waals surface area contributed by atoms with Crippen molar-refractivity contribution in [3.63, 3.8) is 0 Å². The number of fused-ring (bicyclic) bond motifs is 1. The van der Waals surface area contributed by atoms with Gasteiger partial charge in [0.2, 0.25) is 5.95 Å². The van der Waals surface area contributed by atoms with E-state index in [1.165, 1.54) is 16.5 Å². The fourth-order valence-electron chi connectivity index (χ4n) is 8.75. The highest BCUT2D eigenvalue weighted by molar-refractivity contribution is 6.05. The minimum absolute atomic E-state index is 0.0401. The minimum atomic E-state index is -0.872. The van der Waals surface area contributed by atoms with Gasteiger partial charge in [0.15, 0.2) is 0 Å². The maximum Gasteiger partial charge on any atom is 0.407 e. The number of carbonyl (C=O) groups is 2. The van der Waals surface area contributed by atoms with Gasteiger partial charge in [-0.2, -0.15) is 0 Å². The number of halogens is 2. The molecule has 3 aromatic heterocycles. The highest BCUT2D eigenvalue weighted by atomic mass is 19.1. The van der Waals surface area contributed by atoms with Gasteiger partial charge in [-0.15, -0.1) is 0 Å². The van der Waals surface area contributed by atoms with Gasteiger partial charge in [0.1, 0.15) is 28.7 Å². The van der Waals surface area contributed by atoms with Gasteiger partial charge >= 0.3 is 6.09 Å². The predicted octanol–water partition coefficient (Wildman–Crippen LogP) is 9.48. The van der Waals surface area contributed by atoms with E-state index >= 15 is 0 Å². The van der Waals surface area contributed by atoms with Crippen molar-refractivity contribution >= 4 is 35.0 Å². The van der Waals surface area contributed by atoms with Gasteiger partial charge in [-0.3, -0.25) is 14.1 Å². The zero-order valence-electron chi connectivity index (χ0n) is 34.0. The first-order valence-electron chi connectivity index (χ1n) is 20.2. The van der Waals surface area contributed by atoms with Crippen molar-refractivity contribution in [3.8, 4) is 28.4 Å². The lowest BCUT2D eigenvalue weighted by atomic mass is 9.74. The number of para-hydroxylation sites is 1. The number of piperidine rings is 2. The van der Waals surface area contributed by atoms with Crippen LogP contribution in [0.25, 0.3) is 28.3 Å². The van der Waals surface area contributed by atoms with Crippen LogP contribution in [-0.4, -0.2) is 85.1 Å². The molecule has 3 aromatic carbocycles. The lowest BCUT2D eigenvalue weighted by Crippen LogP contribution is -2.56. The molecule has 2 unspecified atom stereocenters. The van der Waals surface area contributed by atoms with Gasteiger partial charge < -0.3 is 25.4 Å². The molecule has 5 heterocycles. The number of nitrogens with zero attached hydrogens (tertiary/aromatic N) is 6. The fraction of sp³-hybridized carbons (Fsp3) is 0.326. The summed E-state index contributed by atoms with van der Waals surface area (Å²) in [5.74, 6) is -1.09. The number of benzene rings is 3. The van der Waals surface area contributed by atoms with Crippen LogP contribution in [0.15, 0.2) is 97.3 Å². The topological polar surface area (TPSA) is 137 Å². The van der Waals surface area contributed by atoms with Crippen molar-refractivity contribution in [1.82, 2.24) is 29.2 Å². The smallest absolute Gasteiger partial charge is 0.407 e. The quantitative estimate of drug-likeness (QED) is 0.130. The van der Waals surface area contributed by atoms with Crippen molar-refractivity contribution < 1.29 is 28.2 Å². The first kappa shape index (κ1) is 40.4. The average Bonchev–Trinajstić information content (AvgIpc) is 3.65. The third-order valence-corrected chi connectivity index (χ3v) is 11.8. The van der Waals surface area contributed by atoms with E-state index < -0.39 is 29.3 Å². The molecule has 2 aliphatic heterocycles. The van der Waals surface area contributed by atoms with Gasteiger partial charge in [-0.1, -0.05) is 51.1 Å². The number of anilines is 3. The maximum absolute atomic E-state index is 14.4. The summed E-state index contributed by atoms with van der Waals surface area (Å²) in [6.07, 6.45) is 6.40. The van der Waals surface area contributed by atoms with Crippen molar-refractivity contribution in [3.05, 3.63) is 120 Å². The van der Waals surface area contributed by atoms with Crippen molar-refractivity contribution in [2.75, 3.05) is 37.4 Å². The standard InChI is InChI=1S/C46H48F2N8O4/c1-46(2,3)38-27-29(17-24-55(38)32-18-22-54(23-19-32)45(58)59)28-14-15-35(37(26-28)60-4)50-44-49-20-16-36(51-44)42-40(52-39-13-5-6-21-56(39)42)30-9-7-10-31(25-30)43(57)53-41-33(47)11-8-12-34(41)48/h5-16,20-21,25-26,29,32,38H,17-19,22-24,27H2,1-4H3,(H,53,57)(H,58,59)(H,49,50,51). The Morgan fingerprint density at radius 2 is 1.65 bits per heavy atom. The molecule has 2 fully saturated rings. The number of pyridine rings is 1. The summed E-state index contributed by atoms with van der Waals surface area (Å²) in [4.78, 5) is 43.4. The second-order valence-corrected chi connectivity index (χ2v) is 16.6. The molecule has 0 radical (unpaired) electrons. The zero-order valence-corrected chi connectivity index (χ0v) is 34.0. The first-order chi connectivity index (χ1) is 28.9. The van der Waals surface area contributed by atoms with E-state index in [0.717, 1.165) is 44.4 Å². The largest absolute Gasteiger partial charge is 0.495 e. The average molecular weight is 815 g/mol. The number of hydrogen-bond acceptors (Lipinski definition) is 8. The summed E-state index contributed by atoms with van der Waals surface area (Å²) in [7, 11) is 1.65. The SMILES string of the molecule is COc1cc(C2CCN(C3CCN(C(=O)O)CC3)C(C(C)(C)C)C2)ccc1Nc1nccc(-c2c(-c3cccc(C(=O)Nc4c(F)cccc4F)c3)nc3ccccn23)n1. The van der Waals surface area contributed by atoms with Crippen molar-refractivity contribution in [2.24, 2.45) is 5.41 Å². The van der Waals surface area contributed by atoms with Crippen LogP contribution in [0.5, 0.6) is 5.75 Å². The van der Waals surface area contributed by atoms with Crippen LogP contribution >= 0.6 is 0 Å². The number of carbonyl (C=O) groups excluding carboxylic acids is 1. The van der Waals surface area contributed by atoms with Crippen LogP contribution in [0.1, 0.15) is 68.3 Å². The van der Waals surface area contributed by atoms with Crippen LogP contribution in [0, 0.1) is 17.0 Å². The molecule has 12 nitrogen and oxygen atoms in total. The van der Waals surface area contributed by atoms with E-state index in [4.69, 9.17) is 14.7 Å². The van der Waals surface area contributed by atoms with Gasteiger partial charge in [-0.05, 0) is 104 Å². The van der Waals surface area contributed by atoms with Crippen molar-refractivity contribution in [1.29, 1.82) is 0 Å². The monoisotopic (exact) mass is 814 g/mol. The predicted molar refractivity (Wildman–Crippen MR) is 227 cm³/mol. The number of likely N-dealkylation sites (tertiary alicyclic amines) is 2. The number of hydrogen-bond donors (Lipinski definition) is 3. The van der Waals surface area contributed by atoms with Gasteiger partial charge in [-0.25, -0.2) is 28.5 Å². The van der Waals surface area contributed by atoms with E-state index in [2.05, 4.69) is 53.4 Å². The molecule has 6 aromatic rings. The molecule has 310 valence electrons. The molecule has 2 saturated heterocycles. The van der Waals surface area contributed by atoms with Crippen LogP contribution in [0.4, 0.5) is 30.9 Å². The molecule has 14 heteroatoms. The van der Waals surface area contributed by atoms with Crippen LogP contribution in [0.2, 0.25) is 0 Å². The molecular weight excluding hydrogens is 767 g/mol. The molecule has 60 heavy (non-hydrogen) atoms. The summed E-state index contributed by atoms with van der Waals surface area (Å²) in [5, 5.41) is 15.2. The summed E-state index contributed by atoms with van der Waals surface area (Å²) >= 11 is 0. The Balaban J connectivity index is 1.04. The second kappa shape index (κ2) is 16.7. The minimum Gasteiger partial charge on any atom is -0.495 e. The first-order valence-corrected chi connectivity index (χ1v) is 20.2. The van der Waals surface area contributed by atoms with Crippen molar-refractivity contribution in [2.45, 2.75) is 64.5 Å². The number of nitrogens with one attached hydrogen (secondary N) is 2. The Bertz CT molecular complexity index is 2530. The third kappa shape index (κ3) is 8.24. The Morgan fingerprint density at radius 3 is 2.38 bits per heavy atom. The van der Waals surface area contributed by atoms with Gasteiger partial charge in [0, 0.05) is 48.7 Å². The molecule has 8 rings (SSSR count). The Kier molecular flexibility index (Phi) is 11.2. The number of ether oxygens (including phenoxy) is 1. The Morgan fingerprint density at radius 1 is 0.883 bits per heavy atom. The van der Waals surface area contributed by atoms with E-state index in [1.807, 2.05) is 40.9 Å². The number of amides is 2. The summed E-state index contributed by atoms with van der Waals surface area (Å²) in [6.45, 7) is 8.99. The fourth-order valence-corrected chi connectivity index (χ4v) is 8.75. The van der Waals surface area contributed by atoms with Gasteiger partial charge in [0.25, 0.3) is 5.91 Å².